The van der Waals surface area contributed by atoms with Crippen molar-refractivity contribution in [2.45, 2.75) is 71.0 Å². The molecule has 0 saturated heterocycles. The van der Waals surface area contributed by atoms with Crippen LogP contribution in [0.5, 0.6) is 0 Å². The van der Waals surface area contributed by atoms with Crippen molar-refractivity contribution in [1.29, 1.82) is 5.26 Å². The quantitative estimate of drug-likeness (QED) is 0.801. The van der Waals surface area contributed by atoms with Crippen LogP contribution in [-0.2, 0) is 0 Å². The van der Waals surface area contributed by atoms with E-state index in [1.165, 1.54) is 25.7 Å². The van der Waals surface area contributed by atoms with Gasteiger partial charge in [-0.1, -0.05) is 20.8 Å². The molecule has 2 saturated carbocycles. The van der Waals surface area contributed by atoms with Gasteiger partial charge in [-0.2, -0.15) is 5.26 Å². The van der Waals surface area contributed by atoms with Crippen molar-refractivity contribution in [1.82, 2.24) is 10.2 Å². The van der Waals surface area contributed by atoms with Gasteiger partial charge in [0.15, 0.2) is 0 Å². The van der Waals surface area contributed by atoms with E-state index in [1.54, 1.807) is 0 Å². The Kier molecular flexibility index (Phi) is 3.95. The molecule has 2 aliphatic carbocycles. The Bertz CT molecular complexity index is 357. The van der Waals surface area contributed by atoms with E-state index in [4.69, 9.17) is 0 Å². The highest BCUT2D eigenvalue weighted by Crippen LogP contribution is 2.42. The number of rotatable bonds is 6. The maximum Gasteiger partial charge on any atom is 0.122 e. The number of hydrogen-bond donors (Lipinski definition) is 1. The summed E-state index contributed by atoms with van der Waals surface area (Å²) in [6.07, 6.45) is 4.92. The van der Waals surface area contributed by atoms with Crippen LogP contribution in [-0.4, -0.2) is 36.1 Å². The van der Waals surface area contributed by atoms with Gasteiger partial charge in [0.25, 0.3) is 0 Å². The van der Waals surface area contributed by atoms with Crippen LogP contribution in [0.1, 0.15) is 53.4 Å². The Morgan fingerprint density at radius 3 is 2.21 bits per heavy atom. The molecule has 0 aliphatic heterocycles. The summed E-state index contributed by atoms with van der Waals surface area (Å²) in [4.78, 5) is 2.37. The lowest BCUT2D eigenvalue weighted by Gasteiger charge is -2.40. The van der Waals surface area contributed by atoms with Crippen molar-refractivity contribution in [3.8, 4) is 6.07 Å². The molecule has 3 nitrogen and oxygen atoms in total. The molecule has 2 aliphatic rings. The Morgan fingerprint density at radius 2 is 1.84 bits per heavy atom. The number of nitrogens with one attached hydrogen (secondary N) is 1. The molecular formula is C16H29N3. The average molecular weight is 263 g/mol. The number of likely N-dealkylation sites (N-methyl/N-ethyl adjacent to an activating group) is 1. The monoisotopic (exact) mass is 263 g/mol. The fraction of sp³-hybridized carbons (Fsp3) is 0.938. The van der Waals surface area contributed by atoms with E-state index >= 15 is 0 Å². The van der Waals surface area contributed by atoms with Gasteiger partial charge in [0.05, 0.1) is 6.07 Å². The Labute approximate surface area is 118 Å². The van der Waals surface area contributed by atoms with Gasteiger partial charge in [-0.05, 0) is 51.0 Å². The predicted octanol–water partition coefficient (Wildman–Crippen LogP) is 2.78. The Balaban J connectivity index is 2.05. The molecule has 0 radical (unpaired) electrons. The zero-order valence-electron chi connectivity index (χ0n) is 13.2. The molecule has 3 heteroatoms. The smallest absolute Gasteiger partial charge is 0.122 e. The molecule has 108 valence electrons. The van der Waals surface area contributed by atoms with E-state index in [9.17, 15) is 5.26 Å². The first-order valence-corrected chi connectivity index (χ1v) is 7.68. The van der Waals surface area contributed by atoms with Crippen molar-refractivity contribution in [2.24, 2.45) is 11.3 Å². The summed E-state index contributed by atoms with van der Waals surface area (Å²) in [5.41, 5.74) is -0.0610. The summed E-state index contributed by atoms with van der Waals surface area (Å²) in [6.45, 7) is 9.93. The van der Waals surface area contributed by atoms with Crippen LogP contribution >= 0.6 is 0 Å². The second kappa shape index (κ2) is 5.07. The standard InChI is InChI=1S/C16H29N3/c1-12(15(2,3)4)19(5)11-16(10-17,13-6-7-13)18-14-8-9-14/h12-14,18H,6-9,11H2,1-5H3. The lowest BCUT2D eigenvalue weighted by molar-refractivity contribution is 0.109. The molecule has 0 aromatic carbocycles. The van der Waals surface area contributed by atoms with Crippen LogP contribution in [0.4, 0.5) is 0 Å². The van der Waals surface area contributed by atoms with E-state index in [-0.39, 0.29) is 11.0 Å². The minimum Gasteiger partial charge on any atom is -0.300 e. The third-order valence-electron chi connectivity index (χ3n) is 4.93. The molecule has 0 amide bonds. The second-order valence-corrected chi connectivity index (χ2v) is 7.73. The molecule has 2 unspecified atom stereocenters. The van der Waals surface area contributed by atoms with Crippen LogP contribution in [0.25, 0.3) is 0 Å². The highest BCUT2D eigenvalue weighted by molar-refractivity contribution is 5.18. The SMILES string of the molecule is CC(N(C)CC(C#N)(NC1CC1)C1CC1)C(C)(C)C. The normalized spacial score (nSPS) is 24.9. The van der Waals surface area contributed by atoms with Crippen molar-refractivity contribution in [3.63, 3.8) is 0 Å². The summed E-state index contributed by atoms with van der Waals surface area (Å²) in [7, 11) is 2.17. The molecule has 2 atom stereocenters. The molecule has 0 aromatic heterocycles. The van der Waals surface area contributed by atoms with E-state index in [0.29, 0.717) is 18.0 Å². The van der Waals surface area contributed by atoms with Gasteiger partial charge in [-0.3, -0.25) is 5.32 Å². The van der Waals surface area contributed by atoms with Gasteiger partial charge in [0.2, 0.25) is 0 Å². The Morgan fingerprint density at radius 1 is 1.26 bits per heavy atom. The summed E-state index contributed by atoms with van der Waals surface area (Å²) in [5, 5.41) is 13.4. The molecule has 1 N–H and O–H groups in total. The van der Waals surface area contributed by atoms with Crippen molar-refractivity contribution < 1.29 is 0 Å². The van der Waals surface area contributed by atoms with E-state index in [0.717, 1.165) is 6.54 Å². The van der Waals surface area contributed by atoms with Gasteiger partial charge in [0, 0.05) is 18.6 Å². The maximum atomic E-state index is 9.76. The molecule has 0 heterocycles. The summed E-state index contributed by atoms with van der Waals surface area (Å²) >= 11 is 0. The summed E-state index contributed by atoms with van der Waals surface area (Å²) < 4.78 is 0. The molecule has 2 fully saturated rings. The third kappa shape index (κ3) is 3.49. The van der Waals surface area contributed by atoms with Gasteiger partial charge in [-0.25, -0.2) is 0 Å². The number of hydrogen-bond acceptors (Lipinski definition) is 3. The average Bonchev–Trinajstić information content (AvgIpc) is 3.16. The number of nitrogens with zero attached hydrogens (tertiary/aromatic N) is 2. The molecular weight excluding hydrogens is 234 g/mol. The van der Waals surface area contributed by atoms with Gasteiger partial charge in [-0.15, -0.1) is 0 Å². The fourth-order valence-corrected chi connectivity index (χ4v) is 2.81. The molecule has 0 bridgehead atoms. The van der Waals surface area contributed by atoms with Crippen LogP contribution in [0.2, 0.25) is 0 Å². The first-order chi connectivity index (χ1) is 8.78. The van der Waals surface area contributed by atoms with E-state index in [2.05, 4.69) is 51.0 Å². The van der Waals surface area contributed by atoms with Crippen molar-refractivity contribution in [2.75, 3.05) is 13.6 Å². The zero-order valence-corrected chi connectivity index (χ0v) is 13.2. The topological polar surface area (TPSA) is 39.1 Å². The highest BCUT2D eigenvalue weighted by atomic mass is 15.2. The first-order valence-electron chi connectivity index (χ1n) is 7.68. The first kappa shape index (κ1) is 14.8. The van der Waals surface area contributed by atoms with Crippen molar-refractivity contribution >= 4 is 0 Å². The predicted molar refractivity (Wildman–Crippen MR) is 78.8 cm³/mol. The van der Waals surface area contributed by atoms with E-state index < -0.39 is 0 Å². The minimum atomic E-state index is -0.310. The Hall–Kier alpha value is -0.590. The third-order valence-corrected chi connectivity index (χ3v) is 4.93. The van der Waals surface area contributed by atoms with Crippen LogP contribution in [0.15, 0.2) is 0 Å². The van der Waals surface area contributed by atoms with Crippen LogP contribution in [0, 0.1) is 22.7 Å². The van der Waals surface area contributed by atoms with E-state index in [1.807, 2.05) is 0 Å². The van der Waals surface area contributed by atoms with Gasteiger partial charge >= 0.3 is 0 Å². The van der Waals surface area contributed by atoms with Gasteiger partial charge < -0.3 is 4.90 Å². The summed E-state index contributed by atoms with van der Waals surface area (Å²) in [6, 6.07) is 3.70. The van der Waals surface area contributed by atoms with Crippen LogP contribution in [0.3, 0.4) is 0 Å². The lowest BCUT2D eigenvalue weighted by atomic mass is 9.85. The van der Waals surface area contributed by atoms with Crippen molar-refractivity contribution in [3.05, 3.63) is 0 Å². The van der Waals surface area contributed by atoms with Gasteiger partial charge in [0.1, 0.15) is 5.54 Å². The zero-order chi connectivity index (χ0) is 14.3. The second-order valence-electron chi connectivity index (χ2n) is 7.73. The molecule has 0 spiro atoms. The molecule has 19 heavy (non-hydrogen) atoms. The molecule has 2 rings (SSSR count). The number of nitriles is 1. The largest absolute Gasteiger partial charge is 0.300 e. The van der Waals surface area contributed by atoms with Crippen LogP contribution < -0.4 is 5.32 Å². The fourth-order valence-electron chi connectivity index (χ4n) is 2.81. The highest BCUT2D eigenvalue weighted by Gasteiger charge is 2.49. The molecule has 0 aromatic rings. The maximum absolute atomic E-state index is 9.76. The lowest BCUT2D eigenvalue weighted by Crippen LogP contribution is -2.57. The minimum absolute atomic E-state index is 0.249. The summed E-state index contributed by atoms with van der Waals surface area (Å²) in [5.74, 6) is 0.563.